The summed E-state index contributed by atoms with van der Waals surface area (Å²) < 4.78 is 24.8. The van der Waals surface area contributed by atoms with Gasteiger partial charge in [-0.25, -0.2) is 13.8 Å². The van der Waals surface area contributed by atoms with Crippen molar-refractivity contribution >= 4 is 22.6 Å². The Morgan fingerprint density at radius 1 is 1.62 bits per heavy atom. The number of hydrogen-bond donors (Lipinski definition) is 0. The second-order valence-corrected chi connectivity index (χ2v) is 3.47. The maximum absolute atomic E-state index is 12.3. The zero-order chi connectivity index (χ0) is 10.0. The van der Waals surface area contributed by atoms with E-state index < -0.39 is 6.43 Å². The summed E-state index contributed by atoms with van der Waals surface area (Å²) in [6.45, 7) is 1.59. The maximum atomic E-state index is 12.3. The molecule has 0 unspecified atom stereocenters. The lowest BCUT2D eigenvalue weighted by molar-refractivity contribution is 0.150. The molecule has 0 radical (unpaired) electrons. The Kier molecular flexibility index (Phi) is 3.14. The Balaban J connectivity index is 3.31. The highest BCUT2D eigenvalue weighted by molar-refractivity contribution is 14.1. The molecule has 1 rings (SSSR count). The minimum atomic E-state index is -2.54. The summed E-state index contributed by atoms with van der Waals surface area (Å²) in [5.41, 5.74) is 0.573. The number of alkyl halides is 2. The summed E-state index contributed by atoms with van der Waals surface area (Å²) in [5.74, 6) is 0. The largest absolute Gasteiger partial charge is 0.266 e. The molecule has 0 aliphatic rings. The van der Waals surface area contributed by atoms with Gasteiger partial charge in [-0.3, -0.25) is 0 Å². The van der Waals surface area contributed by atoms with Gasteiger partial charge in [0.05, 0.1) is 5.56 Å². The van der Waals surface area contributed by atoms with Crippen molar-refractivity contribution < 1.29 is 8.78 Å². The van der Waals surface area contributed by atoms with E-state index in [0.29, 0.717) is 5.56 Å². The van der Waals surface area contributed by atoms with Crippen LogP contribution in [0.4, 0.5) is 8.78 Å². The van der Waals surface area contributed by atoms with Gasteiger partial charge in [0.1, 0.15) is 15.5 Å². The van der Waals surface area contributed by atoms with E-state index in [1.165, 1.54) is 6.07 Å². The van der Waals surface area contributed by atoms with Crippen molar-refractivity contribution in [3.8, 4) is 6.07 Å². The molecule has 0 saturated heterocycles. The molecule has 2 nitrogen and oxygen atoms in total. The van der Waals surface area contributed by atoms with Crippen LogP contribution in [-0.4, -0.2) is 4.98 Å². The Morgan fingerprint density at radius 3 is 2.69 bits per heavy atom. The van der Waals surface area contributed by atoms with Gasteiger partial charge in [0.15, 0.2) is 0 Å². The number of nitriles is 1. The van der Waals surface area contributed by atoms with E-state index in [-0.39, 0.29) is 15.0 Å². The van der Waals surface area contributed by atoms with E-state index in [4.69, 9.17) is 5.26 Å². The zero-order valence-electron chi connectivity index (χ0n) is 6.68. The van der Waals surface area contributed by atoms with Crippen LogP contribution in [0.1, 0.15) is 23.2 Å². The predicted molar refractivity (Wildman–Crippen MR) is 51.4 cm³/mol. The minimum Gasteiger partial charge on any atom is -0.230 e. The third-order valence-electron chi connectivity index (χ3n) is 1.53. The molecule has 1 aromatic heterocycles. The minimum absolute atomic E-state index is 0.114. The Morgan fingerprint density at radius 2 is 2.23 bits per heavy atom. The molecule has 68 valence electrons. The third-order valence-corrected chi connectivity index (χ3v) is 2.40. The fourth-order valence-electron chi connectivity index (χ4n) is 0.878. The van der Waals surface area contributed by atoms with Crippen LogP contribution in [0.2, 0.25) is 0 Å². The van der Waals surface area contributed by atoms with E-state index in [1.54, 1.807) is 29.5 Å². The van der Waals surface area contributed by atoms with Crippen molar-refractivity contribution in [2.75, 3.05) is 0 Å². The van der Waals surface area contributed by atoms with Gasteiger partial charge in [-0.15, -0.1) is 0 Å². The summed E-state index contributed by atoms with van der Waals surface area (Å²) in [6, 6.07) is 3.14. The van der Waals surface area contributed by atoms with Crippen molar-refractivity contribution in [1.29, 1.82) is 5.26 Å². The molecular weight excluding hydrogens is 289 g/mol. The first-order valence-electron chi connectivity index (χ1n) is 3.41. The first-order chi connectivity index (χ1) is 6.06. The number of aryl methyl sites for hydroxylation is 1. The number of rotatable bonds is 1. The van der Waals surface area contributed by atoms with Gasteiger partial charge in [-0.05, 0) is 41.1 Å². The molecule has 0 spiro atoms. The van der Waals surface area contributed by atoms with Crippen molar-refractivity contribution in [3.63, 3.8) is 0 Å². The molecule has 0 aromatic carbocycles. The molecule has 0 atom stereocenters. The highest BCUT2D eigenvalue weighted by Crippen LogP contribution is 2.24. The highest BCUT2D eigenvalue weighted by atomic mass is 127. The van der Waals surface area contributed by atoms with Gasteiger partial charge in [0.2, 0.25) is 0 Å². The molecule has 0 aliphatic heterocycles. The average molecular weight is 294 g/mol. The lowest BCUT2D eigenvalue weighted by Crippen LogP contribution is -1.98. The number of halogens is 3. The number of hydrogen-bond acceptors (Lipinski definition) is 2. The van der Waals surface area contributed by atoms with Crippen LogP contribution in [0.3, 0.4) is 0 Å². The third kappa shape index (κ3) is 2.12. The van der Waals surface area contributed by atoms with Gasteiger partial charge >= 0.3 is 0 Å². The molecule has 0 aliphatic carbocycles. The highest BCUT2D eigenvalue weighted by Gasteiger charge is 2.14. The fraction of sp³-hybridized carbons (Fsp3) is 0.250. The van der Waals surface area contributed by atoms with Crippen LogP contribution < -0.4 is 0 Å². The molecule has 0 amide bonds. The first-order valence-corrected chi connectivity index (χ1v) is 4.49. The Labute approximate surface area is 87.7 Å². The molecule has 1 aromatic rings. The average Bonchev–Trinajstić information content (AvgIpc) is 2.07. The molecule has 0 fully saturated rings. The van der Waals surface area contributed by atoms with E-state index in [9.17, 15) is 8.78 Å². The first kappa shape index (κ1) is 10.3. The van der Waals surface area contributed by atoms with Crippen molar-refractivity contribution in [2.24, 2.45) is 0 Å². The Hall–Kier alpha value is -0.770. The molecule has 0 N–H and O–H groups in total. The normalized spacial score (nSPS) is 10.2. The van der Waals surface area contributed by atoms with Crippen LogP contribution in [0.15, 0.2) is 6.07 Å². The molecule has 5 heteroatoms. The molecular formula is C8H5F2IN2. The molecule has 0 saturated carbocycles. The molecule has 13 heavy (non-hydrogen) atoms. The molecule has 1 heterocycles. The van der Waals surface area contributed by atoms with Crippen LogP contribution in [0.25, 0.3) is 0 Å². The van der Waals surface area contributed by atoms with E-state index in [0.717, 1.165) is 0 Å². The van der Waals surface area contributed by atoms with E-state index in [2.05, 4.69) is 4.98 Å². The van der Waals surface area contributed by atoms with Crippen LogP contribution in [0.5, 0.6) is 0 Å². The standard InChI is InChI=1S/C8H5F2IN2/c1-4-2-5(7(9)10)8(11)13-6(4)3-12/h2,7H,1H3. The van der Waals surface area contributed by atoms with Crippen LogP contribution in [0, 0.1) is 22.0 Å². The second kappa shape index (κ2) is 3.96. The number of nitrogens with zero attached hydrogens (tertiary/aromatic N) is 2. The van der Waals surface area contributed by atoms with E-state index >= 15 is 0 Å². The van der Waals surface area contributed by atoms with E-state index in [1.807, 2.05) is 6.07 Å². The SMILES string of the molecule is Cc1cc(C(F)F)c(I)nc1C#N. The lowest BCUT2D eigenvalue weighted by Gasteiger charge is -2.04. The van der Waals surface area contributed by atoms with Gasteiger partial charge in [0.25, 0.3) is 6.43 Å². The number of pyridine rings is 1. The van der Waals surface area contributed by atoms with Gasteiger partial charge in [-0.1, -0.05) is 0 Å². The Bertz CT molecular complexity index is 371. The van der Waals surface area contributed by atoms with Crippen molar-refractivity contribution in [1.82, 2.24) is 4.98 Å². The summed E-state index contributed by atoms with van der Waals surface area (Å²) >= 11 is 1.70. The van der Waals surface area contributed by atoms with Crippen molar-refractivity contribution in [2.45, 2.75) is 13.3 Å². The summed E-state index contributed by atoms with van der Waals surface area (Å²) in [7, 11) is 0. The van der Waals surface area contributed by atoms with Crippen LogP contribution >= 0.6 is 22.6 Å². The second-order valence-electron chi connectivity index (χ2n) is 2.45. The lowest BCUT2D eigenvalue weighted by atomic mass is 10.2. The fourth-order valence-corrected chi connectivity index (χ4v) is 1.51. The van der Waals surface area contributed by atoms with Gasteiger partial charge < -0.3 is 0 Å². The summed E-state index contributed by atoms with van der Waals surface area (Å²) in [4.78, 5) is 3.76. The summed E-state index contributed by atoms with van der Waals surface area (Å²) in [6.07, 6.45) is -2.54. The summed E-state index contributed by atoms with van der Waals surface area (Å²) in [5, 5.41) is 8.57. The van der Waals surface area contributed by atoms with Crippen LogP contribution in [-0.2, 0) is 0 Å². The zero-order valence-corrected chi connectivity index (χ0v) is 8.84. The predicted octanol–water partition coefficient (Wildman–Crippen LogP) is 2.80. The van der Waals surface area contributed by atoms with Gasteiger partial charge in [0, 0.05) is 0 Å². The van der Waals surface area contributed by atoms with Crippen molar-refractivity contribution in [3.05, 3.63) is 26.6 Å². The maximum Gasteiger partial charge on any atom is 0.266 e. The van der Waals surface area contributed by atoms with Gasteiger partial charge in [-0.2, -0.15) is 5.26 Å². The molecule has 0 bridgehead atoms. The smallest absolute Gasteiger partial charge is 0.230 e. The monoisotopic (exact) mass is 294 g/mol. The quantitative estimate of drug-likeness (QED) is 0.590. The topological polar surface area (TPSA) is 36.7 Å². The number of aromatic nitrogens is 1.